The van der Waals surface area contributed by atoms with Gasteiger partial charge in [0.15, 0.2) is 5.96 Å². The molecule has 128 valence electrons. The van der Waals surface area contributed by atoms with Gasteiger partial charge in [-0.05, 0) is 37.2 Å². The second-order valence-corrected chi connectivity index (χ2v) is 6.67. The van der Waals surface area contributed by atoms with E-state index in [9.17, 15) is 0 Å². The Labute approximate surface area is 140 Å². The molecule has 1 aliphatic carbocycles. The molecule has 0 aliphatic heterocycles. The van der Waals surface area contributed by atoms with Crippen molar-refractivity contribution in [3.63, 3.8) is 0 Å². The molecule has 2 rings (SSSR count). The van der Waals surface area contributed by atoms with Crippen LogP contribution in [0.1, 0.15) is 38.2 Å². The third-order valence-corrected chi connectivity index (χ3v) is 4.69. The minimum absolute atomic E-state index is 0.401. The van der Waals surface area contributed by atoms with E-state index in [1.807, 2.05) is 20.2 Å². The summed E-state index contributed by atoms with van der Waals surface area (Å²) in [5.41, 5.74) is 1.64. The first kappa shape index (κ1) is 17.8. The van der Waals surface area contributed by atoms with Crippen molar-refractivity contribution < 1.29 is 4.74 Å². The van der Waals surface area contributed by atoms with Crippen molar-refractivity contribution in [3.8, 4) is 0 Å². The first-order valence-corrected chi connectivity index (χ1v) is 8.72. The van der Waals surface area contributed by atoms with E-state index in [4.69, 9.17) is 9.73 Å². The molecule has 0 radical (unpaired) electrons. The number of nitrogens with one attached hydrogen (secondary N) is 1. The third kappa shape index (κ3) is 5.54. The lowest BCUT2D eigenvalue weighted by atomic mass is 9.67. The third-order valence-electron chi connectivity index (χ3n) is 4.69. The zero-order valence-corrected chi connectivity index (χ0v) is 14.8. The Balaban J connectivity index is 1.88. The molecule has 0 bridgehead atoms. The van der Waals surface area contributed by atoms with Gasteiger partial charge in [0.2, 0.25) is 0 Å². The lowest BCUT2D eigenvalue weighted by Crippen LogP contribution is -2.46. The van der Waals surface area contributed by atoms with Gasteiger partial charge in [-0.1, -0.05) is 36.8 Å². The Morgan fingerprint density at radius 1 is 1.26 bits per heavy atom. The van der Waals surface area contributed by atoms with Crippen molar-refractivity contribution in [2.24, 2.45) is 10.4 Å². The number of ether oxygens (including phenoxy) is 1. The van der Waals surface area contributed by atoms with Gasteiger partial charge in [-0.3, -0.25) is 0 Å². The second kappa shape index (κ2) is 8.92. The normalized spacial score (nSPS) is 16.7. The number of aliphatic imine (C=N–C) groups is 1. The van der Waals surface area contributed by atoms with Crippen LogP contribution in [0.5, 0.6) is 0 Å². The molecule has 0 unspecified atom stereocenters. The van der Waals surface area contributed by atoms with E-state index in [0.29, 0.717) is 12.0 Å². The highest BCUT2D eigenvalue weighted by atomic mass is 16.5. The minimum atomic E-state index is 0.401. The van der Waals surface area contributed by atoms with Crippen LogP contribution in [0.25, 0.3) is 0 Å². The summed E-state index contributed by atoms with van der Waals surface area (Å²) in [7, 11) is 4.09. The zero-order valence-electron chi connectivity index (χ0n) is 14.8. The second-order valence-electron chi connectivity index (χ2n) is 6.67. The van der Waals surface area contributed by atoms with Gasteiger partial charge in [0.25, 0.3) is 0 Å². The molecular weight excluding hydrogens is 286 g/mol. The van der Waals surface area contributed by atoms with Crippen molar-refractivity contribution in [2.45, 2.75) is 39.2 Å². The number of rotatable bonds is 8. The summed E-state index contributed by atoms with van der Waals surface area (Å²) >= 11 is 0. The van der Waals surface area contributed by atoms with Gasteiger partial charge in [0, 0.05) is 33.9 Å². The number of hydrogen-bond donors (Lipinski definition) is 1. The van der Waals surface area contributed by atoms with E-state index in [0.717, 1.165) is 32.1 Å². The Kier molecular flexibility index (Phi) is 6.90. The van der Waals surface area contributed by atoms with E-state index in [1.54, 1.807) is 0 Å². The molecule has 0 saturated heterocycles. The molecule has 1 N–H and O–H groups in total. The largest absolute Gasteiger partial charge is 0.382 e. The van der Waals surface area contributed by atoms with Gasteiger partial charge in [-0.25, -0.2) is 4.99 Å². The zero-order chi connectivity index (χ0) is 16.5. The van der Waals surface area contributed by atoms with Gasteiger partial charge in [-0.2, -0.15) is 0 Å². The molecule has 1 fully saturated rings. The predicted molar refractivity (Wildman–Crippen MR) is 96.7 cm³/mol. The summed E-state index contributed by atoms with van der Waals surface area (Å²) in [6.45, 7) is 5.45. The minimum Gasteiger partial charge on any atom is -0.382 e. The molecular formula is C19H31N3O. The van der Waals surface area contributed by atoms with Crippen molar-refractivity contribution in [3.05, 3.63) is 35.9 Å². The average Bonchev–Trinajstić information content (AvgIpc) is 2.52. The van der Waals surface area contributed by atoms with Gasteiger partial charge in [0.05, 0.1) is 6.54 Å². The molecule has 0 aromatic heterocycles. The molecule has 1 saturated carbocycles. The molecule has 1 aromatic rings. The quantitative estimate of drug-likeness (QED) is 0.454. The lowest BCUT2D eigenvalue weighted by Gasteiger charge is -2.42. The number of hydrogen-bond acceptors (Lipinski definition) is 2. The topological polar surface area (TPSA) is 36.9 Å². The SMILES string of the molecule is CCOCCC1(CNC(=NCc2ccccc2)N(C)C)CCC1. The molecule has 23 heavy (non-hydrogen) atoms. The standard InChI is InChI=1S/C19H31N3O/c1-4-23-14-13-19(11-8-12-19)16-21-18(22(2)3)20-15-17-9-6-5-7-10-17/h5-7,9-10H,4,8,11-16H2,1-3H3,(H,20,21). The summed E-state index contributed by atoms with van der Waals surface area (Å²) in [6.07, 6.45) is 5.08. The Morgan fingerprint density at radius 2 is 2.00 bits per heavy atom. The first-order chi connectivity index (χ1) is 11.2. The van der Waals surface area contributed by atoms with Crippen LogP contribution in [0.2, 0.25) is 0 Å². The van der Waals surface area contributed by atoms with Crippen molar-refractivity contribution in [1.82, 2.24) is 10.2 Å². The maximum Gasteiger partial charge on any atom is 0.193 e. The summed E-state index contributed by atoms with van der Waals surface area (Å²) in [6, 6.07) is 10.4. The summed E-state index contributed by atoms with van der Waals surface area (Å²) < 4.78 is 5.56. The van der Waals surface area contributed by atoms with Crippen LogP contribution in [0.15, 0.2) is 35.3 Å². The lowest BCUT2D eigenvalue weighted by molar-refractivity contribution is 0.0569. The van der Waals surface area contributed by atoms with Gasteiger partial charge < -0.3 is 15.0 Å². The van der Waals surface area contributed by atoms with E-state index in [2.05, 4.69) is 41.4 Å². The average molecular weight is 317 g/mol. The van der Waals surface area contributed by atoms with Gasteiger partial charge in [0.1, 0.15) is 0 Å². The van der Waals surface area contributed by atoms with Crippen LogP contribution in [0.4, 0.5) is 0 Å². The number of nitrogens with zero attached hydrogens (tertiary/aromatic N) is 2. The highest BCUT2D eigenvalue weighted by molar-refractivity contribution is 5.79. The van der Waals surface area contributed by atoms with Crippen LogP contribution < -0.4 is 5.32 Å². The van der Waals surface area contributed by atoms with Crippen LogP contribution in [-0.2, 0) is 11.3 Å². The summed E-state index contributed by atoms with van der Waals surface area (Å²) in [5.74, 6) is 0.969. The van der Waals surface area contributed by atoms with Crippen molar-refractivity contribution >= 4 is 5.96 Å². The summed E-state index contributed by atoms with van der Waals surface area (Å²) in [4.78, 5) is 6.82. The van der Waals surface area contributed by atoms with Crippen molar-refractivity contribution in [2.75, 3.05) is 33.9 Å². The monoisotopic (exact) mass is 317 g/mol. The molecule has 0 heterocycles. The predicted octanol–water partition coefficient (Wildman–Crippen LogP) is 3.29. The van der Waals surface area contributed by atoms with E-state index in [-0.39, 0.29) is 0 Å². The summed E-state index contributed by atoms with van der Waals surface area (Å²) in [5, 5.41) is 3.58. The van der Waals surface area contributed by atoms with E-state index < -0.39 is 0 Å². The fourth-order valence-corrected chi connectivity index (χ4v) is 3.00. The maximum absolute atomic E-state index is 5.56. The number of benzene rings is 1. The smallest absolute Gasteiger partial charge is 0.193 e. The van der Waals surface area contributed by atoms with Crippen molar-refractivity contribution in [1.29, 1.82) is 0 Å². The van der Waals surface area contributed by atoms with E-state index in [1.165, 1.54) is 24.8 Å². The van der Waals surface area contributed by atoms with E-state index >= 15 is 0 Å². The van der Waals surface area contributed by atoms with Gasteiger partial charge >= 0.3 is 0 Å². The Hall–Kier alpha value is -1.55. The van der Waals surface area contributed by atoms with Crippen LogP contribution in [-0.4, -0.2) is 44.7 Å². The van der Waals surface area contributed by atoms with Crippen LogP contribution >= 0.6 is 0 Å². The molecule has 0 amide bonds. The fraction of sp³-hybridized carbons (Fsp3) is 0.632. The molecule has 4 nitrogen and oxygen atoms in total. The maximum atomic E-state index is 5.56. The molecule has 0 atom stereocenters. The van der Waals surface area contributed by atoms with Gasteiger partial charge in [-0.15, -0.1) is 0 Å². The Bertz CT molecular complexity index is 481. The highest BCUT2D eigenvalue weighted by Gasteiger charge is 2.36. The molecule has 0 spiro atoms. The Morgan fingerprint density at radius 3 is 2.57 bits per heavy atom. The molecule has 1 aromatic carbocycles. The first-order valence-electron chi connectivity index (χ1n) is 8.72. The molecule has 4 heteroatoms. The van der Waals surface area contributed by atoms with Crippen LogP contribution in [0.3, 0.4) is 0 Å². The fourth-order valence-electron chi connectivity index (χ4n) is 3.00. The highest BCUT2D eigenvalue weighted by Crippen LogP contribution is 2.43. The molecule has 1 aliphatic rings. The van der Waals surface area contributed by atoms with Crippen LogP contribution in [0, 0.1) is 5.41 Å². The number of guanidine groups is 1.